The average Bonchev–Trinajstić information content (AvgIpc) is 2.88. The Kier molecular flexibility index (Phi) is 3.92. The molecule has 2 aliphatic carbocycles. The summed E-state index contributed by atoms with van der Waals surface area (Å²) in [6.45, 7) is 10.8. The van der Waals surface area contributed by atoms with Crippen molar-refractivity contribution in [2.24, 2.45) is 5.41 Å². The predicted octanol–water partition coefficient (Wildman–Crippen LogP) is 3.62. The first-order chi connectivity index (χ1) is 11.0. The standard InChI is InChI=1S/C18H28N4S/c1-17(2)13-7-8-18(17,3)15-14(13)20-21-16(19-15)23-12-11-22-9-5-4-6-10-22/h13H,4-12H2,1-3H3/t13-,18-/m0/s1. The second kappa shape index (κ2) is 5.69. The van der Waals surface area contributed by atoms with Gasteiger partial charge in [-0.1, -0.05) is 39.0 Å². The summed E-state index contributed by atoms with van der Waals surface area (Å²) in [6, 6.07) is 0. The zero-order chi connectivity index (χ0) is 16.1. The first-order valence-electron chi connectivity index (χ1n) is 9.13. The van der Waals surface area contributed by atoms with Crippen LogP contribution in [0.3, 0.4) is 0 Å². The summed E-state index contributed by atoms with van der Waals surface area (Å²) in [4.78, 5) is 7.53. The topological polar surface area (TPSA) is 41.9 Å². The van der Waals surface area contributed by atoms with E-state index in [4.69, 9.17) is 4.98 Å². The number of piperidine rings is 1. The van der Waals surface area contributed by atoms with E-state index in [1.54, 1.807) is 11.8 Å². The van der Waals surface area contributed by atoms with Gasteiger partial charge in [0.05, 0.1) is 11.4 Å². The molecule has 1 aromatic heterocycles. The van der Waals surface area contributed by atoms with E-state index in [0.29, 0.717) is 5.92 Å². The Labute approximate surface area is 143 Å². The number of rotatable bonds is 4. The summed E-state index contributed by atoms with van der Waals surface area (Å²) >= 11 is 1.78. The molecule has 2 atom stereocenters. The van der Waals surface area contributed by atoms with Gasteiger partial charge in [-0.3, -0.25) is 0 Å². The molecule has 23 heavy (non-hydrogen) atoms. The van der Waals surface area contributed by atoms with Crippen molar-refractivity contribution in [1.82, 2.24) is 20.1 Å². The van der Waals surface area contributed by atoms with Gasteiger partial charge in [-0.15, -0.1) is 5.10 Å². The van der Waals surface area contributed by atoms with E-state index in [1.807, 2.05) is 0 Å². The summed E-state index contributed by atoms with van der Waals surface area (Å²) in [7, 11) is 0. The molecule has 1 aliphatic heterocycles. The fourth-order valence-corrected chi connectivity index (χ4v) is 5.66. The van der Waals surface area contributed by atoms with E-state index in [1.165, 1.54) is 56.6 Å². The molecule has 0 unspecified atom stereocenters. The second-order valence-corrected chi connectivity index (χ2v) is 9.29. The SMILES string of the molecule is CC1(C)[C@H]2CC[C@@]1(C)c1nc(SCCN3CCCCC3)nnc12. The van der Waals surface area contributed by atoms with E-state index in [-0.39, 0.29) is 10.8 Å². The van der Waals surface area contributed by atoms with Gasteiger partial charge in [0.25, 0.3) is 0 Å². The van der Waals surface area contributed by atoms with Crippen molar-refractivity contribution >= 4 is 11.8 Å². The Hall–Kier alpha value is -0.680. The summed E-state index contributed by atoms with van der Waals surface area (Å²) in [5, 5.41) is 9.91. The Morgan fingerprint density at radius 1 is 1.13 bits per heavy atom. The van der Waals surface area contributed by atoms with Gasteiger partial charge in [-0.2, -0.15) is 5.10 Å². The lowest BCUT2D eigenvalue weighted by Crippen LogP contribution is -2.32. The van der Waals surface area contributed by atoms with Gasteiger partial charge < -0.3 is 4.90 Å². The summed E-state index contributed by atoms with van der Waals surface area (Å²) < 4.78 is 0. The summed E-state index contributed by atoms with van der Waals surface area (Å²) in [5.74, 6) is 1.62. The number of hydrogen-bond donors (Lipinski definition) is 0. The lowest BCUT2D eigenvalue weighted by atomic mass is 9.70. The van der Waals surface area contributed by atoms with Gasteiger partial charge in [-0.05, 0) is 44.2 Å². The highest BCUT2D eigenvalue weighted by Crippen LogP contribution is 2.66. The number of thioether (sulfide) groups is 1. The van der Waals surface area contributed by atoms with E-state index in [2.05, 4.69) is 35.9 Å². The molecule has 0 N–H and O–H groups in total. The molecule has 3 aliphatic rings. The van der Waals surface area contributed by atoms with Crippen molar-refractivity contribution in [1.29, 1.82) is 0 Å². The van der Waals surface area contributed by atoms with Crippen LogP contribution in [0.2, 0.25) is 0 Å². The third-order valence-electron chi connectivity index (χ3n) is 6.86. The molecule has 1 aromatic rings. The minimum atomic E-state index is 0.186. The molecule has 4 rings (SSSR count). The van der Waals surface area contributed by atoms with Crippen LogP contribution in [0.15, 0.2) is 5.16 Å². The first-order valence-corrected chi connectivity index (χ1v) is 10.1. The van der Waals surface area contributed by atoms with Crippen LogP contribution >= 0.6 is 11.8 Å². The predicted molar refractivity (Wildman–Crippen MR) is 94.0 cm³/mol. The second-order valence-electron chi connectivity index (χ2n) is 8.22. The minimum absolute atomic E-state index is 0.186. The van der Waals surface area contributed by atoms with E-state index in [9.17, 15) is 0 Å². The Balaban J connectivity index is 1.45. The molecule has 2 heterocycles. The summed E-state index contributed by atoms with van der Waals surface area (Å²) in [5.41, 5.74) is 2.89. The average molecular weight is 333 g/mol. The van der Waals surface area contributed by atoms with E-state index < -0.39 is 0 Å². The normalized spacial score (nSPS) is 32.2. The van der Waals surface area contributed by atoms with Crippen LogP contribution in [0.1, 0.15) is 70.2 Å². The third kappa shape index (κ3) is 2.42. The smallest absolute Gasteiger partial charge is 0.209 e. The van der Waals surface area contributed by atoms with Crippen molar-refractivity contribution in [2.45, 2.75) is 69.4 Å². The third-order valence-corrected chi connectivity index (χ3v) is 7.68. The molecule has 4 nitrogen and oxygen atoms in total. The van der Waals surface area contributed by atoms with E-state index in [0.717, 1.165) is 17.5 Å². The molecule has 1 saturated carbocycles. The van der Waals surface area contributed by atoms with Gasteiger partial charge >= 0.3 is 0 Å². The molecule has 0 spiro atoms. The Morgan fingerprint density at radius 3 is 2.70 bits per heavy atom. The van der Waals surface area contributed by atoms with E-state index >= 15 is 0 Å². The number of likely N-dealkylation sites (tertiary alicyclic amines) is 1. The highest BCUT2D eigenvalue weighted by atomic mass is 32.2. The van der Waals surface area contributed by atoms with Gasteiger partial charge in [-0.25, -0.2) is 4.98 Å². The van der Waals surface area contributed by atoms with Gasteiger partial charge in [0.2, 0.25) is 5.16 Å². The molecule has 5 heteroatoms. The maximum atomic E-state index is 4.96. The summed E-state index contributed by atoms with van der Waals surface area (Å²) in [6.07, 6.45) is 6.60. The monoisotopic (exact) mass is 332 g/mol. The lowest BCUT2D eigenvalue weighted by molar-refractivity contribution is 0.226. The van der Waals surface area contributed by atoms with Crippen LogP contribution < -0.4 is 0 Å². The van der Waals surface area contributed by atoms with Crippen molar-refractivity contribution in [2.75, 3.05) is 25.4 Å². The number of nitrogens with zero attached hydrogens (tertiary/aromatic N) is 4. The van der Waals surface area contributed by atoms with Crippen LogP contribution in [-0.4, -0.2) is 45.5 Å². The van der Waals surface area contributed by atoms with Crippen LogP contribution in [0, 0.1) is 5.41 Å². The van der Waals surface area contributed by atoms with Gasteiger partial charge in [0.15, 0.2) is 0 Å². The molecule has 2 fully saturated rings. The maximum absolute atomic E-state index is 4.96. The molecule has 126 valence electrons. The zero-order valence-electron chi connectivity index (χ0n) is 14.6. The van der Waals surface area contributed by atoms with Gasteiger partial charge in [0, 0.05) is 23.6 Å². The molecule has 0 aromatic carbocycles. The lowest BCUT2D eigenvalue weighted by Gasteiger charge is -2.34. The molecule has 0 radical (unpaired) electrons. The first kappa shape index (κ1) is 15.8. The largest absolute Gasteiger partial charge is 0.303 e. The Bertz CT molecular complexity index is 597. The fourth-order valence-electron chi connectivity index (χ4n) is 4.87. The van der Waals surface area contributed by atoms with Crippen molar-refractivity contribution in [3.05, 3.63) is 11.4 Å². The molecular formula is C18H28N4S. The van der Waals surface area contributed by atoms with Crippen molar-refractivity contribution in [3.63, 3.8) is 0 Å². The maximum Gasteiger partial charge on any atom is 0.209 e. The molecular weight excluding hydrogens is 304 g/mol. The van der Waals surface area contributed by atoms with Crippen molar-refractivity contribution in [3.8, 4) is 0 Å². The van der Waals surface area contributed by atoms with Gasteiger partial charge in [0.1, 0.15) is 0 Å². The van der Waals surface area contributed by atoms with Crippen LogP contribution in [0.4, 0.5) is 0 Å². The van der Waals surface area contributed by atoms with Crippen molar-refractivity contribution < 1.29 is 0 Å². The molecule has 1 saturated heterocycles. The number of aromatic nitrogens is 3. The fraction of sp³-hybridized carbons (Fsp3) is 0.833. The van der Waals surface area contributed by atoms with Crippen LogP contribution in [-0.2, 0) is 5.41 Å². The number of hydrogen-bond acceptors (Lipinski definition) is 5. The highest BCUT2D eigenvalue weighted by Gasteiger charge is 2.61. The Morgan fingerprint density at radius 2 is 1.91 bits per heavy atom. The zero-order valence-corrected chi connectivity index (χ0v) is 15.5. The number of fused-ring (bicyclic) bond motifs is 5. The minimum Gasteiger partial charge on any atom is -0.303 e. The highest BCUT2D eigenvalue weighted by molar-refractivity contribution is 7.99. The van der Waals surface area contributed by atoms with Crippen LogP contribution in [0.25, 0.3) is 0 Å². The molecule has 0 amide bonds. The molecule has 2 bridgehead atoms. The van der Waals surface area contributed by atoms with Crippen LogP contribution in [0.5, 0.6) is 0 Å². The quantitative estimate of drug-likeness (QED) is 0.788.